The number of ketones is 1. The summed E-state index contributed by atoms with van der Waals surface area (Å²) in [6.07, 6.45) is 0.632. The molecule has 1 aromatic rings. The SMILES string of the molecule is Cc1ccc(S(=O)(=O)CC(=O)N2CCC(=O)CC2)cc1. The monoisotopic (exact) mass is 295 g/mol. The zero-order valence-electron chi connectivity index (χ0n) is 11.3. The number of nitrogens with zero attached hydrogens (tertiary/aromatic N) is 1. The van der Waals surface area contributed by atoms with Gasteiger partial charge in [0.1, 0.15) is 11.5 Å². The molecule has 0 unspecified atom stereocenters. The van der Waals surface area contributed by atoms with Crippen molar-refractivity contribution >= 4 is 21.5 Å². The van der Waals surface area contributed by atoms with Gasteiger partial charge in [0.2, 0.25) is 5.91 Å². The number of amides is 1. The highest BCUT2D eigenvalue weighted by molar-refractivity contribution is 7.92. The van der Waals surface area contributed by atoms with Gasteiger partial charge >= 0.3 is 0 Å². The minimum atomic E-state index is -3.62. The number of Topliss-reactive ketones (excluding diaryl/α,β-unsaturated/α-hetero) is 1. The Balaban J connectivity index is 2.06. The van der Waals surface area contributed by atoms with Gasteiger partial charge in [-0.15, -0.1) is 0 Å². The van der Waals surface area contributed by atoms with Crippen molar-refractivity contribution in [3.05, 3.63) is 29.8 Å². The number of sulfone groups is 1. The van der Waals surface area contributed by atoms with Crippen LogP contribution in [0.1, 0.15) is 18.4 Å². The average molecular weight is 295 g/mol. The lowest BCUT2D eigenvalue weighted by Gasteiger charge is -2.25. The van der Waals surface area contributed by atoms with Crippen LogP contribution in [0.4, 0.5) is 0 Å². The lowest BCUT2D eigenvalue weighted by Crippen LogP contribution is -2.41. The molecule has 0 saturated carbocycles. The fourth-order valence-electron chi connectivity index (χ4n) is 2.09. The molecule has 0 bridgehead atoms. The van der Waals surface area contributed by atoms with Crippen LogP contribution in [-0.4, -0.2) is 43.9 Å². The summed E-state index contributed by atoms with van der Waals surface area (Å²) in [6, 6.07) is 6.43. The van der Waals surface area contributed by atoms with Crippen molar-refractivity contribution in [3.63, 3.8) is 0 Å². The summed E-state index contributed by atoms with van der Waals surface area (Å²) in [5.41, 5.74) is 0.963. The Morgan fingerprint density at radius 2 is 1.70 bits per heavy atom. The quantitative estimate of drug-likeness (QED) is 0.832. The van der Waals surface area contributed by atoms with Gasteiger partial charge in [-0.05, 0) is 19.1 Å². The predicted molar refractivity (Wildman–Crippen MR) is 74.1 cm³/mol. The highest BCUT2D eigenvalue weighted by Crippen LogP contribution is 2.14. The summed E-state index contributed by atoms with van der Waals surface area (Å²) in [7, 11) is -3.62. The van der Waals surface area contributed by atoms with Gasteiger partial charge in [-0.3, -0.25) is 9.59 Å². The van der Waals surface area contributed by atoms with Crippen molar-refractivity contribution in [2.45, 2.75) is 24.7 Å². The van der Waals surface area contributed by atoms with Gasteiger partial charge < -0.3 is 4.90 Å². The first kappa shape index (κ1) is 14.7. The van der Waals surface area contributed by atoms with Crippen LogP contribution in [-0.2, 0) is 19.4 Å². The third kappa shape index (κ3) is 3.45. The highest BCUT2D eigenvalue weighted by atomic mass is 32.2. The number of piperidine rings is 1. The Morgan fingerprint density at radius 1 is 1.15 bits per heavy atom. The van der Waals surface area contributed by atoms with E-state index in [2.05, 4.69) is 0 Å². The Morgan fingerprint density at radius 3 is 2.25 bits per heavy atom. The number of hydrogen-bond acceptors (Lipinski definition) is 4. The molecule has 1 amide bonds. The van der Waals surface area contributed by atoms with Crippen molar-refractivity contribution in [1.29, 1.82) is 0 Å². The minimum Gasteiger partial charge on any atom is -0.341 e. The van der Waals surface area contributed by atoms with Gasteiger partial charge in [-0.2, -0.15) is 0 Å². The molecule has 0 radical (unpaired) electrons. The zero-order valence-corrected chi connectivity index (χ0v) is 12.1. The summed E-state index contributed by atoms with van der Waals surface area (Å²) in [6.45, 7) is 2.51. The fourth-order valence-corrected chi connectivity index (χ4v) is 3.31. The van der Waals surface area contributed by atoms with Crippen LogP contribution in [0, 0.1) is 6.92 Å². The number of carbonyl (C=O) groups excluding carboxylic acids is 2. The number of carbonyl (C=O) groups is 2. The molecular weight excluding hydrogens is 278 g/mol. The summed E-state index contributed by atoms with van der Waals surface area (Å²) in [4.78, 5) is 24.7. The maximum absolute atomic E-state index is 12.1. The van der Waals surface area contributed by atoms with Gasteiger partial charge in [-0.25, -0.2) is 8.42 Å². The van der Waals surface area contributed by atoms with Crippen molar-refractivity contribution in [2.24, 2.45) is 0 Å². The van der Waals surface area contributed by atoms with E-state index in [1.807, 2.05) is 6.92 Å². The average Bonchev–Trinajstić information content (AvgIpc) is 2.39. The first-order valence-electron chi connectivity index (χ1n) is 6.47. The number of hydrogen-bond donors (Lipinski definition) is 0. The Bertz CT molecular complexity index is 609. The van der Waals surface area contributed by atoms with Gasteiger partial charge in [0.15, 0.2) is 9.84 Å². The molecule has 5 nitrogen and oxygen atoms in total. The third-order valence-corrected chi connectivity index (χ3v) is 4.98. The van der Waals surface area contributed by atoms with Crippen LogP contribution in [0.3, 0.4) is 0 Å². The molecule has 108 valence electrons. The minimum absolute atomic E-state index is 0.121. The Labute approximate surface area is 118 Å². The van der Waals surface area contributed by atoms with Crippen molar-refractivity contribution in [3.8, 4) is 0 Å². The zero-order chi connectivity index (χ0) is 14.8. The molecule has 1 aliphatic heterocycles. The van der Waals surface area contributed by atoms with Crippen LogP contribution in [0.2, 0.25) is 0 Å². The second-order valence-electron chi connectivity index (χ2n) is 4.99. The maximum atomic E-state index is 12.1. The van der Waals surface area contributed by atoms with Crippen molar-refractivity contribution in [2.75, 3.05) is 18.8 Å². The molecule has 1 heterocycles. The molecule has 1 aliphatic rings. The van der Waals surface area contributed by atoms with Gasteiger partial charge in [0.25, 0.3) is 0 Å². The molecule has 0 N–H and O–H groups in total. The van der Waals surface area contributed by atoms with Crippen LogP contribution in [0.5, 0.6) is 0 Å². The van der Waals surface area contributed by atoms with E-state index >= 15 is 0 Å². The second kappa shape index (κ2) is 5.75. The second-order valence-corrected chi connectivity index (χ2v) is 6.98. The molecule has 0 aliphatic carbocycles. The van der Waals surface area contributed by atoms with E-state index in [0.29, 0.717) is 25.9 Å². The van der Waals surface area contributed by atoms with Crippen LogP contribution < -0.4 is 0 Å². The molecule has 20 heavy (non-hydrogen) atoms. The summed E-state index contributed by atoms with van der Waals surface area (Å²) < 4.78 is 24.3. The predicted octanol–water partition coefficient (Wildman–Crippen LogP) is 0.960. The maximum Gasteiger partial charge on any atom is 0.238 e. The standard InChI is InChI=1S/C14H17NO4S/c1-11-2-4-13(5-3-11)20(18,19)10-14(17)15-8-6-12(16)7-9-15/h2-5H,6-10H2,1H3. The van der Waals surface area contributed by atoms with E-state index in [0.717, 1.165) is 5.56 Å². The van der Waals surface area contributed by atoms with E-state index in [4.69, 9.17) is 0 Å². The number of benzene rings is 1. The number of rotatable bonds is 3. The van der Waals surface area contributed by atoms with E-state index in [1.54, 1.807) is 12.1 Å². The molecular formula is C14H17NO4S. The molecule has 0 spiro atoms. The van der Waals surface area contributed by atoms with E-state index in [9.17, 15) is 18.0 Å². The van der Waals surface area contributed by atoms with Crippen molar-refractivity contribution in [1.82, 2.24) is 4.90 Å². The Kier molecular flexibility index (Phi) is 4.23. The smallest absolute Gasteiger partial charge is 0.238 e. The van der Waals surface area contributed by atoms with Crippen molar-refractivity contribution < 1.29 is 18.0 Å². The largest absolute Gasteiger partial charge is 0.341 e. The van der Waals surface area contributed by atoms with E-state index in [1.165, 1.54) is 17.0 Å². The molecule has 0 aromatic heterocycles. The lowest BCUT2D eigenvalue weighted by atomic mass is 10.1. The normalized spacial score (nSPS) is 16.2. The summed E-state index contributed by atoms with van der Waals surface area (Å²) in [5.74, 6) is -0.849. The molecule has 2 rings (SSSR count). The van der Waals surface area contributed by atoms with Gasteiger partial charge in [-0.1, -0.05) is 17.7 Å². The third-order valence-electron chi connectivity index (χ3n) is 3.37. The number of aryl methyl sites for hydroxylation is 1. The highest BCUT2D eigenvalue weighted by Gasteiger charge is 2.26. The van der Waals surface area contributed by atoms with Crippen LogP contribution >= 0.6 is 0 Å². The van der Waals surface area contributed by atoms with Crippen LogP contribution in [0.25, 0.3) is 0 Å². The number of likely N-dealkylation sites (tertiary alicyclic amines) is 1. The molecule has 6 heteroatoms. The van der Waals surface area contributed by atoms with Crippen LogP contribution in [0.15, 0.2) is 29.2 Å². The van der Waals surface area contributed by atoms with Gasteiger partial charge in [0.05, 0.1) is 4.90 Å². The molecule has 1 saturated heterocycles. The topological polar surface area (TPSA) is 71.5 Å². The first-order chi connectivity index (χ1) is 9.38. The van der Waals surface area contributed by atoms with E-state index < -0.39 is 21.5 Å². The molecule has 1 fully saturated rings. The Hall–Kier alpha value is -1.69. The fraction of sp³-hybridized carbons (Fsp3) is 0.429. The summed E-state index contributed by atoms with van der Waals surface area (Å²) in [5, 5.41) is 0. The molecule has 1 aromatic carbocycles. The van der Waals surface area contributed by atoms with E-state index in [-0.39, 0.29) is 10.7 Å². The van der Waals surface area contributed by atoms with Gasteiger partial charge in [0, 0.05) is 25.9 Å². The molecule has 0 atom stereocenters. The summed E-state index contributed by atoms with van der Waals surface area (Å²) >= 11 is 0. The first-order valence-corrected chi connectivity index (χ1v) is 8.12. The lowest BCUT2D eigenvalue weighted by molar-refractivity contribution is -0.132.